The number of carbonyl (C=O) groups is 5. The molecule has 1 rings (SSSR count). The number of nitrogens with one attached hydrogen (secondary N) is 4. The molecule has 0 aromatic heterocycles. The van der Waals surface area contributed by atoms with Gasteiger partial charge in [0, 0.05) is 31.3 Å². The lowest BCUT2D eigenvalue weighted by Crippen LogP contribution is -2.53. The van der Waals surface area contributed by atoms with Gasteiger partial charge in [-0.05, 0) is 30.5 Å². The molecule has 0 fully saturated rings. The van der Waals surface area contributed by atoms with E-state index in [9.17, 15) is 24.0 Å². The Hall–Kier alpha value is -3.27. The Morgan fingerprint density at radius 3 is 2.16 bits per heavy atom. The van der Waals surface area contributed by atoms with E-state index in [1.54, 1.807) is 24.3 Å². The Morgan fingerprint density at radius 1 is 1.00 bits per heavy atom. The van der Waals surface area contributed by atoms with Gasteiger partial charge in [0.15, 0.2) is 5.78 Å². The molecule has 174 valence electrons. The van der Waals surface area contributed by atoms with Gasteiger partial charge < -0.3 is 26.1 Å². The summed E-state index contributed by atoms with van der Waals surface area (Å²) in [5, 5.41) is 15.2. The topological polar surface area (TPSA) is 155 Å². The molecule has 0 saturated heterocycles. The molecule has 1 aromatic rings. The fourth-order valence-electron chi connectivity index (χ4n) is 2.69. The number of esters is 1. The second kappa shape index (κ2) is 13.9. The Bertz CT molecular complexity index is 843. The van der Waals surface area contributed by atoms with Gasteiger partial charge in [0.1, 0.15) is 12.1 Å². The quantitative estimate of drug-likeness (QED) is 0.250. The first-order valence-electron chi connectivity index (χ1n) is 9.86. The van der Waals surface area contributed by atoms with Crippen molar-refractivity contribution in [1.82, 2.24) is 16.0 Å². The predicted molar refractivity (Wildman–Crippen MR) is 117 cm³/mol. The second-order valence-electron chi connectivity index (χ2n) is 6.92. The van der Waals surface area contributed by atoms with Crippen molar-refractivity contribution in [3.63, 3.8) is 0 Å². The number of hydrogen-bond donors (Lipinski definition) is 4. The minimum atomic E-state index is -1.09. The third-order valence-electron chi connectivity index (χ3n) is 4.41. The molecular formula is C21H27ClN4O6. The maximum Gasteiger partial charge on any atom is 0.305 e. The number of hydrogen-bond acceptors (Lipinski definition) is 7. The summed E-state index contributed by atoms with van der Waals surface area (Å²) >= 11 is 5.84. The molecule has 4 N–H and O–H groups in total. The first-order valence-corrected chi connectivity index (χ1v) is 10.2. The summed E-state index contributed by atoms with van der Waals surface area (Å²) in [5.41, 5.74) is 0.776. The first-order chi connectivity index (χ1) is 15.2. The third kappa shape index (κ3) is 10.2. The number of rotatable bonds is 13. The molecule has 32 heavy (non-hydrogen) atoms. The molecule has 0 aliphatic heterocycles. The lowest BCUT2D eigenvalue weighted by molar-refractivity contribution is -0.141. The number of ether oxygens (including phenoxy) is 1. The minimum absolute atomic E-state index is 0.0311. The van der Waals surface area contributed by atoms with E-state index in [1.807, 2.05) is 0 Å². The highest BCUT2D eigenvalue weighted by Gasteiger charge is 2.27. The minimum Gasteiger partial charge on any atom is -0.469 e. The Balaban J connectivity index is 2.87. The zero-order valence-electron chi connectivity index (χ0n) is 17.9. The highest BCUT2D eigenvalue weighted by atomic mass is 35.5. The van der Waals surface area contributed by atoms with Crippen molar-refractivity contribution in [3.05, 3.63) is 34.9 Å². The standard InChI is InChI=1S/C21H27ClN4O6/c1-13(27)25-18(9-10-19(29)32-2)21(31)26-17(8-7-16(28)11-23)20(30)24-12-14-3-5-15(22)6-4-14/h3-6,11,17-18,23H,7-10,12H2,1-2H3,(H,24,30)(H,25,27)(H,26,31)/t17-,18-/m0/s1. The lowest BCUT2D eigenvalue weighted by Gasteiger charge is -2.22. The van der Waals surface area contributed by atoms with Crippen LogP contribution >= 0.6 is 11.6 Å². The summed E-state index contributed by atoms with van der Waals surface area (Å²) in [6.07, 6.45) is 0.318. The number of carbonyl (C=O) groups excluding carboxylic acids is 5. The maximum atomic E-state index is 12.7. The van der Waals surface area contributed by atoms with Crippen molar-refractivity contribution in [2.45, 2.75) is 51.2 Å². The molecule has 3 amide bonds. The molecule has 0 saturated carbocycles. The number of ketones is 1. The van der Waals surface area contributed by atoms with E-state index in [0.717, 1.165) is 5.56 Å². The van der Waals surface area contributed by atoms with E-state index in [1.165, 1.54) is 14.0 Å². The summed E-state index contributed by atoms with van der Waals surface area (Å²) in [6.45, 7) is 1.38. The van der Waals surface area contributed by atoms with Gasteiger partial charge >= 0.3 is 5.97 Å². The van der Waals surface area contributed by atoms with Crippen LogP contribution in [0, 0.1) is 5.41 Å². The van der Waals surface area contributed by atoms with Crippen LogP contribution in [-0.2, 0) is 35.3 Å². The van der Waals surface area contributed by atoms with Crippen molar-refractivity contribution < 1.29 is 28.7 Å². The van der Waals surface area contributed by atoms with Crippen molar-refractivity contribution in [1.29, 1.82) is 5.41 Å². The number of amides is 3. The molecule has 2 atom stereocenters. The number of benzene rings is 1. The molecule has 0 spiro atoms. The summed E-state index contributed by atoms with van der Waals surface area (Å²) in [5.74, 6) is -2.77. The molecule has 10 nitrogen and oxygen atoms in total. The molecule has 0 aliphatic rings. The average Bonchev–Trinajstić information content (AvgIpc) is 2.77. The fraction of sp³-hybridized carbons (Fsp3) is 0.429. The van der Waals surface area contributed by atoms with E-state index in [-0.39, 0.29) is 32.2 Å². The Kier molecular flexibility index (Phi) is 11.6. The van der Waals surface area contributed by atoms with Crippen LogP contribution < -0.4 is 16.0 Å². The molecule has 0 heterocycles. The predicted octanol–water partition coefficient (Wildman–Crippen LogP) is 0.898. The van der Waals surface area contributed by atoms with Crippen molar-refractivity contribution in [2.24, 2.45) is 0 Å². The lowest BCUT2D eigenvalue weighted by atomic mass is 10.1. The summed E-state index contributed by atoms with van der Waals surface area (Å²) in [6, 6.07) is 4.64. The third-order valence-corrected chi connectivity index (χ3v) is 4.66. The van der Waals surface area contributed by atoms with Gasteiger partial charge in [-0.15, -0.1) is 0 Å². The SMILES string of the molecule is COC(=O)CC[C@H](NC(C)=O)C(=O)N[C@@H](CCC(=O)C=N)C(=O)NCc1ccc(Cl)cc1. The van der Waals surface area contributed by atoms with Crippen molar-refractivity contribution in [3.8, 4) is 0 Å². The van der Waals surface area contributed by atoms with Crippen LogP contribution in [0.2, 0.25) is 5.02 Å². The number of Topliss-reactive ketones (excluding diaryl/α,β-unsaturated/α-hetero) is 1. The van der Waals surface area contributed by atoms with Gasteiger partial charge in [-0.2, -0.15) is 0 Å². The highest BCUT2D eigenvalue weighted by Crippen LogP contribution is 2.10. The molecule has 0 bridgehead atoms. The largest absolute Gasteiger partial charge is 0.469 e. The number of halogens is 1. The van der Waals surface area contributed by atoms with Gasteiger partial charge in [-0.25, -0.2) is 0 Å². The van der Waals surface area contributed by atoms with Crippen molar-refractivity contribution in [2.75, 3.05) is 7.11 Å². The second-order valence-corrected chi connectivity index (χ2v) is 7.36. The van der Waals surface area contributed by atoms with Crippen LogP contribution in [0.15, 0.2) is 24.3 Å². The molecule has 1 aromatic carbocycles. The van der Waals surface area contributed by atoms with Gasteiger partial charge in [0.05, 0.1) is 13.3 Å². The summed E-state index contributed by atoms with van der Waals surface area (Å²) in [4.78, 5) is 59.8. The van der Waals surface area contributed by atoms with E-state index in [4.69, 9.17) is 17.0 Å². The normalized spacial score (nSPS) is 12.1. The zero-order valence-corrected chi connectivity index (χ0v) is 18.7. The van der Waals surface area contributed by atoms with E-state index in [0.29, 0.717) is 11.2 Å². The summed E-state index contributed by atoms with van der Waals surface area (Å²) in [7, 11) is 1.21. The van der Waals surface area contributed by atoms with Gasteiger partial charge in [0.2, 0.25) is 17.7 Å². The summed E-state index contributed by atoms with van der Waals surface area (Å²) < 4.78 is 4.55. The van der Waals surface area contributed by atoms with Crippen LogP contribution in [-0.4, -0.2) is 54.9 Å². The van der Waals surface area contributed by atoms with Gasteiger partial charge in [-0.3, -0.25) is 24.0 Å². The molecule has 0 aliphatic carbocycles. The van der Waals surface area contributed by atoms with Gasteiger partial charge in [-0.1, -0.05) is 23.7 Å². The molecular weight excluding hydrogens is 440 g/mol. The number of methoxy groups -OCH3 is 1. The Labute approximate surface area is 190 Å². The van der Waals surface area contributed by atoms with Crippen molar-refractivity contribution >= 4 is 47.3 Å². The van der Waals surface area contributed by atoms with Gasteiger partial charge in [0.25, 0.3) is 0 Å². The van der Waals surface area contributed by atoms with Crippen LogP contribution in [0.5, 0.6) is 0 Å². The van der Waals surface area contributed by atoms with Crippen LogP contribution in [0.3, 0.4) is 0 Å². The fourth-order valence-corrected chi connectivity index (χ4v) is 2.82. The van der Waals surface area contributed by atoms with E-state index in [2.05, 4.69) is 20.7 Å². The van der Waals surface area contributed by atoms with Crippen LogP contribution in [0.25, 0.3) is 0 Å². The smallest absolute Gasteiger partial charge is 0.305 e. The monoisotopic (exact) mass is 466 g/mol. The first kappa shape index (κ1) is 26.8. The van der Waals surface area contributed by atoms with Crippen LogP contribution in [0.4, 0.5) is 0 Å². The zero-order chi connectivity index (χ0) is 24.1. The molecule has 0 unspecified atom stereocenters. The van der Waals surface area contributed by atoms with Crippen LogP contribution in [0.1, 0.15) is 38.2 Å². The molecule has 0 radical (unpaired) electrons. The van der Waals surface area contributed by atoms with E-state index < -0.39 is 41.6 Å². The molecule has 11 heteroatoms. The maximum absolute atomic E-state index is 12.7. The Morgan fingerprint density at radius 2 is 1.59 bits per heavy atom. The highest BCUT2D eigenvalue weighted by molar-refractivity contribution is 6.30. The average molecular weight is 467 g/mol. The van der Waals surface area contributed by atoms with E-state index >= 15 is 0 Å².